The molecule has 2 aliphatic heterocycles. The zero-order valence-electron chi connectivity index (χ0n) is 16.6. The molecule has 1 saturated heterocycles. The molecule has 0 saturated carbocycles. The van der Waals surface area contributed by atoms with Gasteiger partial charge in [-0.3, -0.25) is 14.4 Å². The van der Waals surface area contributed by atoms with E-state index >= 15 is 0 Å². The SMILES string of the molecule is Cc1ccccc1C(=O)N1CCC2(CC1)CSC1=C(O2)c2ccccc2C(=O)C1=O. The Morgan fingerprint density at radius 2 is 1.63 bits per heavy atom. The Kier molecular flexibility index (Phi) is 4.54. The van der Waals surface area contributed by atoms with Gasteiger partial charge >= 0.3 is 0 Å². The first-order chi connectivity index (χ1) is 14.5. The zero-order valence-corrected chi connectivity index (χ0v) is 17.5. The monoisotopic (exact) mass is 419 g/mol. The van der Waals surface area contributed by atoms with Crippen LogP contribution < -0.4 is 0 Å². The molecule has 1 amide bonds. The quantitative estimate of drug-likeness (QED) is 0.657. The van der Waals surface area contributed by atoms with Crippen LogP contribution in [-0.2, 0) is 9.53 Å². The Bertz CT molecular complexity index is 1110. The highest BCUT2D eigenvalue weighted by Crippen LogP contribution is 2.47. The van der Waals surface area contributed by atoms with Gasteiger partial charge in [0.1, 0.15) is 16.3 Å². The lowest BCUT2D eigenvalue weighted by Gasteiger charge is -2.45. The summed E-state index contributed by atoms with van der Waals surface area (Å²) in [7, 11) is 0. The smallest absolute Gasteiger partial charge is 0.254 e. The van der Waals surface area contributed by atoms with Crippen LogP contribution in [-0.4, -0.2) is 46.8 Å². The van der Waals surface area contributed by atoms with Crippen molar-refractivity contribution in [2.24, 2.45) is 0 Å². The van der Waals surface area contributed by atoms with Gasteiger partial charge < -0.3 is 9.64 Å². The summed E-state index contributed by atoms with van der Waals surface area (Å²) >= 11 is 1.42. The Morgan fingerprint density at radius 3 is 2.37 bits per heavy atom. The summed E-state index contributed by atoms with van der Waals surface area (Å²) in [6.45, 7) is 3.15. The lowest BCUT2D eigenvalue weighted by atomic mass is 9.89. The van der Waals surface area contributed by atoms with Gasteiger partial charge in [0.15, 0.2) is 0 Å². The number of piperidine rings is 1. The molecule has 30 heavy (non-hydrogen) atoms. The maximum atomic E-state index is 13.0. The molecule has 0 aromatic heterocycles. The number of carbonyl (C=O) groups excluding carboxylic acids is 3. The highest BCUT2D eigenvalue weighted by molar-refractivity contribution is 8.04. The van der Waals surface area contributed by atoms with Gasteiger partial charge in [0, 0.05) is 48.4 Å². The van der Waals surface area contributed by atoms with Crippen LogP contribution in [0.4, 0.5) is 0 Å². The second-order valence-electron chi connectivity index (χ2n) is 8.04. The number of likely N-dealkylation sites (tertiary alicyclic amines) is 1. The van der Waals surface area contributed by atoms with Crippen LogP contribution >= 0.6 is 11.8 Å². The Hall–Kier alpha value is -2.86. The van der Waals surface area contributed by atoms with Crippen molar-refractivity contribution in [1.82, 2.24) is 4.90 Å². The fourth-order valence-electron chi connectivity index (χ4n) is 4.36. The van der Waals surface area contributed by atoms with Gasteiger partial charge in [0.2, 0.25) is 11.6 Å². The topological polar surface area (TPSA) is 63.7 Å². The number of Topliss-reactive ketones (excluding diaryl/α,β-unsaturated/α-hetero) is 2. The van der Waals surface area contributed by atoms with Crippen molar-refractivity contribution in [3.8, 4) is 0 Å². The zero-order chi connectivity index (χ0) is 20.9. The fraction of sp³-hybridized carbons (Fsp3) is 0.292. The van der Waals surface area contributed by atoms with Crippen LogP contribution in [0.3, 0.4) is 0 Å². The summed E-state index contributed by atoms with van der Waals surface area (Å²) in [5.41, 5.74) is 2.39. The van der Waals surface area contributed by atoms with Crippen molar-refractivity contribution in [3.63, 3.8) is 0 Å². The summed E-state index contributed by atoms with van der Waals surface area (Å²) in [4.78, 5) is 40.2. The van der Waals surface area contributed by atoms with Crippen LogP contribution in [0.25, 0.3) is 5.76 Å². The number of rotatable bonds is 1. The molecule has 2 aromatic rings. The predicted octanol–water partition coefficient (Wildman–Crippen LogP) is 3.87. The molecule has 6 heteroatoms. The highest BCUT2D eigenvalue weighted by atomic mass is 32.2. The van der Waals surface area contributed by atoms with E-state index in [0.717, 1.165) is 11.1 Å². The van der Waals surface area contributed by atoms with Gasteiger partial charge in [-0.1, -0.05) is 42.5 Å². The van der Waals surface area contributed by atoms with Gasteiger partial charge in [-0.25, -0.2) is 0 Å². The molecule has 2 heterocycles. The van der Waals surface area contributed by atoms with Crippen molar-refractivity contribution in [3.05, 3.63) is 75.7 Å². The molecule has 1 aliphatic carbocycles. The van der Waals surface area contributed by atoms with Crippen molar-refractivity contribution >= 4 is 35.0 Å². The molecular weight excluding hydrogens is 398 g/mol. The van der Waals surface area contributed by atoms with Gasteiger partial charge in [0.05, 0.1) is 0 Å². The number of carbonyl (C=O) groups is 3. The molecule has 0 atom stereocenters. The molecule has 1 spiro atoms. The number of amides is 1. The number of hydrogen-bond acceptors (Lipinski definition) is 5. The highest BCUT2D eigenvalue weighted by Gasteiger charge is 2.46. The average Bonchev–Trinajstić information content (AvgIpc) is 2.78. The van der Waals surface area contributed by atoms with Crippen molar-refractivity contribution in [2.75, 3.05) is 18.8 Å². The first-order valence-electron chi connectivity index (χ1n) is 10.1. The van der Waals surface area contributed by atoms with E-state index < -0.39 is 17.2 Å². The number of allylic oxidation sites excluding steroid dienone is 1. The molecule has 3 aliphatic rings. The second kappa shape index (κ2) is 7.13. The number of aryl methyl sites for hydroxylation is 1. The minimum Gasteiger partial charge on any atom is -0.484 e. The summed E-state index contributed by atoms with van der Waals surface area (Å²) in [5.74, 6) is 0.255. The second-order valence-corrected chi connectivity index (χ2v) is 9.03. The number of nitrogens with zero attached hydrogens (tertiary/aromatic N) is 1. The van der Waals surface area contributed by atoms with Crippen molar-refractivity contribution in [1.29, 1.82) is 0 Å². The maximum Gasteiger partial charge on any atom is 0.254 e. The van der Waals surface area contributed by atoms with E-state index in [9.17, 15) is 14.4 Å². The molecule has 5 rings (SSSR count). The van der Waals surface area contributed by atoms with E-state index in [2.05, 4.69) is 0 Å². The average molecular weight is 420 g/mol. The molecule has 152 valence electrons. The van der Waals surface area contributed by atoms with Crippen LogP contribution in [0.5, 0.6) is 0 Å². The molecule has 0 N–H and O–H groups in total. The molecule has 5 nitrogen and oxygen atoms in total. The van der Waals surface area contributed by atoms with E-state index in [0.29, 0.717) is 53.5 Å². The van der Waals surface area contributed by atoms with Gasteiger partial charge in [-0.05, 0) is 18.6 Å². The Morgan fingerprint density at radius 1 is 0.967 bits per heavy atom. The largest absolute Gasteiger partial charge is 0.484 e. The predicted molar refractivity (Wildman–Crippen MR) is 115 cm³/mol. The van der Waals surface area contributed by atoms with E-state index in [1.165, 1.54) is 11.8 Å². The first-order valence-corrected chi connectivity index (χ1v) is 11.1. The fourth-order valence-corrected chi connectivity index (χ4v) is 5.62. The first kappa shape index (κ1) is 19.1. The van der Waals surface area contributed by atoms with Crippen molar-refractivity contribution in [2.45, 2.75) is 25.4 Å². The lowest BCUT2D eigenvalue weighted by molar-refractivity contribution is -0.111. The number of ketones is 2. The summed E-state index contributed by atoms with van der Waals surface area (Å²) < 4.78 is 6.47. The van der Waals surface area contributed by atoms with E-state index in [4.69, 9.17) is 4.74 Å². The van der Waals surface area contributed by atoms with Gasteiger partial charge in [0.25, 0.3) is 5.91 Å². The van der Waals surface area contributed by atoms with Gasteiger partial charge in [-0.2, -0.15) is 0 Å². The lowest BCUT2D eigenvalue weighted by Crippen LogP contribution is -2.51. The molecule has 0 radical (unpaired) electrons. The summed E-state index contributed by atoms with van der Waals surface area (Å²) in [6.07, 6.45) is 1.39. The van der Waals surface area contributed by atoms with E-state index in [1.807, 2.05) is 48.2 Å². The minimum atomic E-state index is -0.476. The summed E-state index contributed by atoms with van der Waals surface area (Å²) in [5, 5.41) is 0. The third-order valence-electron chi connectivity index (χ3n) is 6.17. The maximum absolute atomic E-state index is 13.0. The van der Waals surface area contributed by atoms with Crippen LogP contribution in [0, 0.1) is 6.92 Å². The molecule has 0 unspecified atom stereocenters. The number of benzene rings is 2. The number of thioether (sulfide) groups is 1. The normalized spacial score (nSPS) is 20.0. The number of ether oxygens (including phenoxy) is 1. The summed E-state index contributed by atoms with van der Waals surface area (Å²) in [6, 6.07) is 14.8. The van der Waals surface area contributed by atoms with Crippen LogP contribution in [0.2, 0.25) is 0 Å². The third kappa shape index (κ3) is 2.98. The van der Waals surface area contributed by atoms with Crippen molar-refractivity contribution < 1.29 is 19.1 Å². The molecule has 1 fully saturated rings. The van der Waals surface area contributed by atoms with E-state index in [1.54, 1.807) is 12.1 Å². The third-order valence-corrected chi connectivity index (χ3v) is 7.50. The van der Waals surface area contributed by atoms with E-state index in [-0.39, 0.29) is 5.91 Å². The molecule has 0 bridgehead atoms. The minimum absolute atomic E-state index is 0.0510. The van der Waals surface area contributed by atoms with Crippen LogP contribution in [0.15, 0.2) is 53.4 Å². The van der Waals surface area contributed by atoms with Gasteiger partial charge in [-0.15, -0.1) is 11.8 Å². The number of fused-ring (bicyclic) bond motifs is 2. The molecule has 2 aromatic carbocycles. The Balaban J connectivity index is 1.37. The Labute approximate surface area is 179 Å². The molecular formula is C24H21NO4S. The van der Waals surface area contributed by atoms with Crippen LogP contribution in [0.1, 0.15) is 44.7 Å². The number of hydrogen-bond donors (Lipinski definition) is 0. The standard InChI is InChI=1S/C24H21NO4S/c1-15-6-2-3-7-16(15)23(28)25-12-10-24(11-13-25)14-30-22-20(27)19(26)17-8-4-5-9-18(17)21(22)29-24/h2-9H,10-14H2,1H3.